The molecule has 2 amide bonds. The van der Waals surface area contributed by atoms with E-state index in [9.17, 15) is 9.59 Å². The van der Waals surface area contributed by atoms with Crippen molar-refractivity contribution in [2.24, 2.45) is 0 Å². The van der Waals surface area contributed by atoms with Gasteiger partial charge in [0, 0.05) is 63.2 Å². The molecule has 1 atom stereocenters. The summed E-state index contributed by atoms with van der Waals surface area (Å²) in [6.07, 6.45) is 4.50. The van der Waals surface area contributed by atoms with Crippen LogP contribution in [0.5, 0.6) is 0 Å². The van der Waals surface area contributed by atoms with Gasteiger partial charge in [0.15, 0.2) is 5.82 Å². The molecule has 220 valence electrons. The van der Waals surface area contributed by atoms with Crippen molar-refractivity contribution in [3.63, 3.8) is 0 Å². The molecule has 1 aliphatic heterocycles. The lowest BCUT2D eigenvalue weighted by Gasteiger charge is -2.36. The zero-order valence-corrected chi connectivity index (χ0v) is 23.8. The number of para-hydroxylation sites is 1. The van der Waals surface area contributed by atoms with Crippen LogP contribution >= 0.6 is 0 Å². The fraction of sp³-hybridized carbons (Fsp3) is 0.345. The van der Waals surface area contributed by atoms with E-state index in [2.05, 4.69) is 52.7 Å². The van der Waals surface area contributed by atoms with E-state index >= 15 is 4.39 Å². The number of rotatable bonds is 10. The average Bonchev–Trinajstić information content (AvgIpc) is 3.43. The molecule has 42 heavy (non-hydrogen) atoms. The summed E-state index contributed by atoms with van der Waals surface area (Å²) in [5.74, 6) is -0.716. The fourth-order valence-corrected chi connectivity index (χ4v) is 4.91. The van der Waals surface area contributed by atoms with Gasteiger partial charge in [-0.1, -0.05) is 12.1 Å². The van der Waals surface area contributed by atoms with Gasteiger partial charge in [-0.3, -0.25) is 19.5 Å². The highest BCUT2D eigenvalue weighted by atomic mass is 19.1. The number of fused-ring (bicyclic) bond motifs is 1. The van der Waals surface area contributed by atoms with Gasteiger partial charge in [0.1, 0.15) is 11.7 Å². The number of aromatic nitrogens is 4. The second-order valence-electron chi connectivity index (χ2n) is 10.1. The first-order valence-corrected chi connectivity index (χ1v) is 13.6. The maximum absolute atomic E-state index is 15.0. The highest BCUT2D eigenvalue weighted by molar-refractivity contribution is 6.06. The molecule has 0 unspecified atom stereocenters. The minimum absolute atomic E-state index is 0.0983. The molecule has 1 aromatic carbocycles. The number of pyridine rings is 1. The number of benzene rings is 1. The molecule has 0 spiro atoms. The highest BCUT2D eigenvalue weighted by Crippen LogP contribution is 2.33. The Morgan fingerprint density at radius 1 is 1.12 bits per heavy atom. The largest absolute Gasteiger partial charge is 0.383 e. The van der Waals surface area contributed by atoms with Gasteiger partial charge in [-0.05, 0) is 25.2 Å². The summed E-state index contributed by atoms with van der Waals surface area (Å²) in [4.78, 5) is 45.3. The van der Waals surface area contributed by atoms with E-state index < -0.39 is 11.9 Å². The lowest BCUT2D eigenvalue weighted by molar-refractivity contribution is -0.124. The number of ether oxygens (including phenoxy) is 1. The Morgan fingerprint density at radius 3 is 2.64 bits per heavy atom. The number of hydrogen-bond donors (Lipinski definition) is 4. The maximum atomic E-state index is 15.0. The SMILES string of the molecule is CNC(=O)Cc1ccc(Nc2ncc(F)c(-c3c[nH]c4c(NC(=O)[C@@H](COC)N5CCN(C)CC5)cccc34)n2)cn1. The summed E-state index contributed by atoms with van der Waals surface area (Å²) in [6.45, 7) is 3.58. The highest BCUT2D eigenvalue weighted by Gasteiger charge is 2.29. The van der Waals surface area contributed by atoms with E-state index in [1.54, 1.807) is 50.8 Å². The second-order valence-corrected chi connectivity index (χ2v) is 10.1. The van der Waals surface area contributed by atoms with Crippen LogP contribution in [0.2, 0.25) is 0 Å². The van der Waals surface area contributed by atoms with Crippen molar-refractivity contribution in [1.29, 1.82) is 0 Å². The smallest absolute Gasteiger partial charge is 0.244 e. The van der Waals surface area contributed by atoms with Crippen LogP contribution in [0.1, 0.15) is 5.69 Å². The average molecular weight is 576 g/mol. The van der Waals surface area contributed by atoms with Gasteiger partial charge < -0.3 is 30.6 Å². The molecule has 3 aromatic heterocycles. The maximum Gasteiger partial charge on any atom is 0.244 e. The summed E-state index contributed by atoms with van der Waals surface area (Å²) in [6, 6.07) is 8.48. The van der Waals surface area contributed by atoms with Gasteiger partial charge in [0.25, 0.3) is 0 Å². The van der Waals surface area contributed by atoms with Crippen LogP contribution in [0, 0.1) is 5.82 Å². The van der Waals surface area contributed by atoms with Crippen molar-refractivity contribution in [3.05, 3.63) is 60.4 Å². The molecule has 1 aliphatic rings. The molecule has 0 aliphatic carbocycles. The molecule has 1 saturated heterocycles. The number of carbonyl (C=O) groups excluding carboxylic acids is 2. The molecule has 5 rings (SSSR count). The lowest BCUT2D eigenvalue weighted by atomic mass is 10.1. The van der Waals surface area contributed by atoms with E-state index in [0.717, 1.165) is 32.4 Å². The number of carbonyl (C=O) groups is 2. The van der Waals surface area contributed by atoms with Crippen molar-refractivity contribution in [2.45, 2.75) is 12.5 Å². The first-order chi connectivity index (χ1) is 20.4. The van der Waals surface area contributed by atoms with Crippen molar-refractivity contribution in [1.82, 2.24) is 35.1 Å². The Hall–Kier alpha value is -4.46. The van der Waals surface area contributed by atoms with Crippen LogP contribution in [0.3, 0.4) is 0 Å². The number of aromatic amines is 1. The van der Waals surface area contributed by atoms with E-state index in [1.165, 1.54) is 0 Å². The molecular weight excluding hydrogens is 541 g/mol. The van der Waals surface area contributed by atoms with E-state index in [1.807, 2.05) is 6.07 Å². The number of likely N-dealkylation sites (N-methyl/N-ethyl adjacent to an activating group) is 2. The monoisotopic (exact) mass is 575 g/mol. The van der Waals surface area contributed by atoms with Crippen LogP contribution in [0.25, 0.3) is 22.2 Å². The number of hydrogen-bond acceptors (Lipinski definition) is 9. The Kier molecular flexibility index (Phi) is 9.00. The predicted octanol–water partition coefficient (Wildman–Crippen LogP) is 2.39. The Balaban J connectivity index is 1.36. The Labute approximate surface area is 242 Å². The Bertz CT molecular complexity index is 1550. The van der Waals surface area contributed by atoms with Crippen LogP contribution < -0.4 is 16.0 Å². The van der Waals surface area contributed by atoms with Crippen molar-refractivity contribution < 1.29 is 18.7 Å². The summed E-state index contributed by atoms with van der Waals surface area (Å²) < 4.78 is 20.4. The molecule has 4 heterocycles. The summed E-state index contributed by atoms with van der Waals surface area (Å²) >= 11 is 0. The van der Waals surface area contributed by atoms with Gasteiger partial charge >= 0.3 is 0 Å². The standard InChI is InChI=1S/C29H34FN9O3/c1-31-25(40)13-18-7-8-19(14-32-18)35-29-34-16-22(30)26(37-29)21-15-33-27-20(21)5-4-6-23(27)36-28(41)24(17-42-3)39-11-9-38(2)10-12-39/h4-8,14-16,24,33H,9-13,17H2,1-3H3,(H,31,40)(H,36,41)(H,34,35,37)/t24-/m1/s1. The number of nitrogens with zero attached hydrogens (tertiary/aromatic N) is 5. The zero-order valence-electron chi connectivity index (χ0n) is 23.8. The van der Waals surface area contributed by atoms with Gasteiger partial charge in [0.2, 0.25) is 17.8 Å². The number of H-pyrrole nitrogens is 1. The molecule has 4 aromatic rings. The van der Waals surface area contributed by atoms with E-state index in [-0.39, 0.29) is 36.5 Å². The zero-order chi connectivity index (χ0) is 29.6. The normalized spacial score (nSPS) is 15.0. The van der Waals surface area contributed by atoms with Gasteiger partial charge in [-0.25, -0.2) is 14.4 Å². The molecule has 0 saturated carbocycles. The first kappa shape index (κ1) is 29.0. The summed E-state index contributed by atoms with van der Waals surface area (Å²) in [7, 11) is 5.23. The number of piperazine rings is 1. The number of amides is 2. The molecule has 0 radical (unpaired) electrons. The number of methoxy groups -OCH3 is 1. The third-order valence-electron chi connectivity index (χ3n) is 7.28. The molecule has 13 heteroatoms. The third-order valence-corrected chi connectivity index (χ3v) is 7.28. The molecule has 0 bridgehead atoms. The van der Waals surface area contributed by atoms with Crippen LogP contribution in [-0.2, 0) is 20.7 Å². The third kappa shape index (κ3) is 6.54. The lowest BCUT2D eigenvalue weighted by Crippen LogP contribution is -2.54. The topological polar surface area (TPSA) is 140 Å². The summed E-state index contributed by atoms with van der Waals surface area (Å²) in [5.41, 5.74) is 3.05. The molecule has 4 N–H and O–H groups in total. The molecule has 12 nitrogen and oxygen atoms in total. The number of anilines is 3. The fourth-order valence-electron chi connectivity index (χ4n) is 4.91. The van der Waals surface area contributed by atoms with Crippen molar-refractivity contribution >= 4 is 40.0 Å². The quantitative estimate of drug-likeness (QED) is 0.224. The van der Waals surface area contributed by atoms with E-state index in [0.29, 0.717) is 33.5 Å². The van der Waals surface area contributed by atoms with Crippen LogP contribution in [0.15, 0.2) is 48.9 Å². The van der Waals surface area contributed by atoms with Crippen molar-refractivity contribution in [2.75, 3.05) is 64.6 Å². The minimum atomic E-state index is -0.592. The molecule has 1 fully saturated rings. The van der Waals surface area contributed by atoms with Gasteiger partial charge in [-0.15, -0.1) is 0 Å². The van der Waals surface area contributed by atoms with Gasteiger partial charge in [0.05, 0.1) is 42.3 Å². The first-order valence-electron chi connectivity index (χ1n) is 13.6. The molecular formula is C29H34FN9O3. The number of halogens is 1. The summed E-state index contributed by atoms with van der Waals surface area (Å²) in [5, 5.41) is 9.33. The van der Waals surface area contributed by atoms with Crippen LogP contribution in [-0.4, -0.2) is 102 Å². The second kappa shape index (κ2) is 13.0. The van der Waals surface area contributed by atoms with Gasteiger partial charge in [-0.2, -0.15) is 0 Å². The Morgan fingerprint density at radius 2 is 1.93 bits per heavy atom. The van der Waals surface area contributed by atoms with Crippen LogP contribution in [0.4, 0.5) is 21.7 Å². The number of nitrogens with one attached hydrogen (secondary N) is 4. The van der Waals surface area contributed by atoms with E-state index in [4.69, 9.17) is 4.74 Å². The van der Waals surface area contributed by atoms with Crippen molar-refractivity contribution in [3.8, 4) is 11.3 Å². The predicted molar refractivity (Wildman–Crippen MR) is 158 cm³/mol. The minimum Gasteiger partial charge on any atom is -0.383 e.